The zero-order valence-corrected chi connectivity index (χ0v) is 15.4. The lowest BCUT2D eigenvalue weighted by atomic mass is 10.0. The van der Waals surface area contributed by atoms with Crippen molar-refractivity contribution in [3.63, 3.8) is 0 Å². The molecule has 3 rings (SSSR count). The Bertz CT molecular complexity index is 902. The van der Waals surface area contributed by atoms with Crippen LogP contribution < -0.4 is 10.1 Å². The molecule has 136 valence electrons. The number of nitrogens with one attached hydrogen (secondary N) is 1. The molecule has 0 aliphatic rings. The molecule has 1 amide bonds. The highest BCUT2D eigenvalue weighted by Gasteiger charge is 2.17. The summed E-state index contributed by atoms with van der Waals surface area (Å²) in [5.74, 6) is 0.892. The number of amides is 1. The van der Waals surface area contributed by atoms with Gasteiger partial charge < -0.3 is 15.0 Å². The van der Waals surface area contributed by atoms with Gasteiger partial charge in [0.2, 0.25) is 0 Å². The Hall–Kier alpha value is -2.86. The molecule has 0 bridgehead atoms. The molecule has 3 aromatic rings. The van der Waals surface area contributed by atoms with Gasteiger partial charge in [-0.2, -0.15) is 5.10 Å². The number of benzene rings is 2. The summed E-state index contributed by atoms with van der Waals surface area (Å²) < 4.78 is 7.50. The smallest absolute Gasteiger partial charge is 0.261 e. The monoisotopic (exact) mass is 352 g/mol. The fourth-order valence-electron chi connectivity index (χ4n) is 2.80. The second-order valence-corrected chi connectivity index (χ2v) is 6.31. The number of ether oxygens (including phenoxy) is 1. The van der Waals surface area contributed by atoms with E-state index in [0.29, 0.717) is 23.7 Å². The quantitative estimate of drug-likeness (QED) is 0.709. The number of hydrogen-bond acceptors (Lipinski definition) is 4. The fourth-order valence-corrected chi connectivity index (χ4v) is 2.80. The summed E-state index contributed by atoms with van der Waals surface area (Å²) >= 11 is 0. The molecule has 1 heterocycles. The van der Waals surface area contributed by atoms with Crippen molar-refractivity contribution < 1.29 is 9.53 Å². The van der Waals surface area contributed by atoms with Crippen molar-refractivity contribution in [2.75, 3.05) is 32.6 Å². The molecule has 26 heavy (non-hydrogen) atoms. The van der Waals surface area contributed by atoms with Crippen LogP contribution in [0.15, 0.2) is 48.7 Å². The van der Waals surface area contributed by atoms with Crippen LogP contribution in [-0.4, -0.2) is 47.8 Å². The highest BCUT2D eigenvalue weighted by Crippen LogP contribution is 2.29. The zero-order valence-electron chi connectivity index (χ0n) is 15.4. The molecule has 0 unspecified atom stereocenters. The Morgan fingerprint density at radius 1 is 1.19 bits per heavy atom. The van der Waals surface area contributed by atoms with E-state index in [-0.39, 0.29) is 5.91 Å². The minimum atomic E-state index is -0.219. The summed E-state index contributed by atoms with van der Waals surface area (Å²) in [5.41, 5.74) is 0.535. The third kappa shape index (κ3) is 4.03. The third-order valence-electron chi connectivity index (χ3n) is 4.08. The van der Waals surface area contributed by atoms with E-state index < -0.39 is 0 Å². The predicted octanol–water partition coefficient (Wildman–Crippen LogP) is 3.25. The largest absolute Gasteiger partial charge is 0.493 e. The average Bonchev–Trinajstić information content (AvgIpc) is 3.07. The van der Waals surface area contributed by atoms with E-state index in [1.54, 1.807) is 6.07 Å². The minimum absolute atomic E-state index is 0.219. The summed E-state index contributed by atoms with van der Waals surface area (Å²) in [6.45, 7) is 4.05. The molecule has 1 N–H and O–H groups in total. The second-order valence-electron chi connectivity index (χ2n) is 6.31. The van der Waals surface area contributed by atoms with Crippen molar-refractivity contribution in [2.45, 2.75) is 13.5 Å². The van der Waals surface area contributed by atoms with Gasteiger partial charge in [-0.3, -0.25) is 9.48 Å². The van der Waals surface area contributed by atoms with Gasteiger partial charge in [-0.25, -0.2) is 0 Å². The molecule has 0 saturated heterocycles. The summed E-state index contributed by atoms with van der Waals surface area (Å²) in [6.07, 6.45) is 1.87. The lowest BCUT2D eigenvalue weighted by Gasteiger charge is -2.13. The number of fused-ring (bicyclic) bond motifs is 1. The number of carbonyl (C=O) groups excluding carboxylic acids is 1. The maximum absolute atomic E-state index is 13.0. The second kappa shape index (κ2) is 8.01. The Morgan fingerprint density at radius 2 is 2.00 bits per heavy atom. The molecule has 0 fully saturated rings. The van der Waals surface area contributed by atoms with Crippen molar-refractivity contribution in [2.24, 2.45) is 0 Å². The summed E-state index contributed by atoms with van der Waals surface area (Å²) in [7, 11) is 4.03. The standard InChI is InChI=1S/C20H24N4O2/c1-4-26-17-10-9-15-7-5-6-8-16(15)19(17)20(25)21-18-11-12-24(22-18)14-13-23(2)3/h5-12H,4,13-14H2,1-3H3,(H,21,22,25). The molecule has 0 radical (unpaired) electrons. The van der Waals surface area contributed by atoms with E-state index in [0.717, 1.165) is 23.9 Å². The number of aromatic nitrogens is 2. The topological polar surface area (TPSA) is 59.4 Å². The van der Waals surface area contributed by atoms with Gasteiger partial charge in [0.25, 0.3) is 5.91 Å². The minimum Gasteiger partial charge on any atom is -0.493 e. The van der Waals surface area contributed by atoms with Crippen molar-refractivity contribution >= 4 is 22.5 Å². The Kier molecular flexibility index (Phi) is 5.53. The molecule has 6 heteroatoms. The molecule has 0 saturated carbocycles. The zero-order chi connectivity index (χ0) is 18.5. The van der Waals surface area contributed by atoms with Gasteiger partial charge in [0.1, 0.15) is 5.75 Å². The molecule has 0 aliphatic carbocycles. The van der Waals surface area contributed by atoms with Crippen LogP contribution >= 0.6 is 0 Å². The van der Waals surface area contributed by atoms with Crippen molar-refractivity contribution in [1.29, 1.82) is 0 Å². The average molecular weight is 352 g/mol. The van der Waals surface area contributed by atoms with E-state index >= 15 is 0 Å². The van der Waals surface area contributed by atoms with Gasteiger partial charge in [0.15, 0.2) is 5.82 Å². The Balaban J connectivity index is 1.86. The Morgan fingerprint density at radius 3 is 2.77 bits per heavy atom. The first-order valence-electron chi connectivity index (χ1n) is 8.72. The van der Waals surface area contributed by atoms with Crippen molar-refractivity contribution in [3.8, 4) is 5.75 Å². The third-order valence-corrected chi connectivity index (χ3v) is 4.08. The molecule has 1 aromatic heterocycles. The normalized spacial score (nSPS) is 11.1. The van der Waals surface area contributed by atoms with Crippen LogP contribution in [0.3, 0.4) is 0 Å². The van der Waals surface area contributed by atoms with E-state index in [9.17, 15) is 4.79 Å². The summed E-state index contributed by atoms with van der Waals surface area (Å²) in [4.78, 5) is 15.0. The SMILES string of the molecule is CCOc1ccc2ccccc2c1C(=O)Nc1ccn(CCN(C)C)n1. The first kappa shape index (κ1) is 17.9. The number of anilines is 1. The molecule has 0 aliphatic heterocycles. The predicted molar refractivity (Wildman–Crippen MR) is 104 cm³/mol. The van der Waals surface area contributed by atoms with Crippen LogP contribution in [0, 0.1) is 0 Å². The van der Waals surface area contributed by atoms with Crippen LogP contribution in [0.4, 0.5) is 5.82 Å². The van der Waals surface area contributed by atoms with Gasteiger partial charge >= 0.3 is 0 Å². The molecule has 0 atom stereocenters. The molecule has 0 spiro atoms. The fraction of sp³-hybridized carbons (Fsp3) is 0.300. The lowest BCUT2D eigenvalue weighted by Crippen LogP contribution is -2.19. The highest BCUT2D eigenvalue weighted by molar-refractivity contribution is 6.14. The van der Waals surface area contributed by atoms with E-state index in [1.165, 1.54) is 0 Å². The summed E-state index contributed by atoms with van der Waals surface area (Å²) in [5, 5.41) is 9.18. The van der Waals surface area contributed by atoms with E-state index in [4.69, 9.17) is 4.74 Å². The van der Waals surface area contributed by atoms with Gasteiger partial charge in [0.05, 0.1) is 18.7 Å². The maximum atomic E-state index is 13.0. The van der Waals surface area contributed by atoms with Crippen molar-refractivity contribution in [1.82, 2.24) is 14.7 Å². The molecule has 6 nitrogen and oxygen atoms in total. The van der Waals surface area contributed by atoms with Crippen LogP contribution in [-0.2, 0) is 6.54 Å². The highest BCUT2D eigenvalue weighted by atomic mass is 16.5. The lowest BCUT2D eigenvalue weighted by molar-refractivity contribution is 0.102. The van der Waals surface area contributed by atoms with Crippen LogP contribution in [0.2, 0.25) is 0 Å². The van der Waals surface area contributed by atoms with Gasteiger partial charge in [-0.05, 0) is 37.9 Å². The van der Waals surface area contributed by atoms with Crippen LogP contribution in [0.25, 0.3) is 10.8 Å². The molecular formula is C20H24N4O2. The number of likely N-dealkylation sites (N-methyl/N-ethyl adjacent to an activating group) is 1. The van der Waals surface area contributed by atoms with E-state index in [2.05, 4.69) is 15.3 Å². The number of rotatable bonds is 7. The Labute approximate surface area is 153 Å². The van der Waals surface area contributed by atoms with Gasteiger partial charge in [-0.15, -0.1) is 0 Å². The molecular weight excluding hydrogens is 328 g/mol. The number of hydrogen-bond donors (Lipinski definition) is 1. The van der Waals surface area contributed by atoms with Crippen LogP contribution in [0.1, 0.15) is 17.3 Å². The first-order chi connectivity index (χ1) is 12.6. The number of nitrogens with zero attached hydrogens (tertiary/aromatic N) is 3. The summed E-state index contributed by atoms with van der Waals surface area (Å²) in [6, 6.07) is 13.4. The van der Waals surface area contributed by atoms with Gasteiger partial charge in [-0.1, -0.05) is 30.3 Å². The number of carbonyl (C=O) groups is 1. The van der Waals surface area contributed by atoms with Crippen LogP contribution in [0.5, 0.6) is 5.75 Å². The van der Waals surface area contributed by atoms with E-state index in [1.807, 2.05) is 68.3 Å². The van der Waals surface area contributed by atoms with Crippen molar-refractivity contribution in [3.05, 3.63) is 54.2 Å². The maximum Gasteiger partial charge on any atom is 0.261 e. The van der Waals surface area contributed by atoms with Gasteiger partial charge in [0, 0.05) is 18.8 Å². The first-order valence-corrected chi connectivity index (χ1v) is 8.72. The molecule has 2 aromatic carbocycles.